The van der Waals surface area contributed by atoms with Gasteiger partial charge < -0.3 is 10.2 Å². The molecule has 2 nitrogen and oxygen atoms in total. The van der Waals surface area contributed by atoms with E-state index in [9.17, 15) is 0 Å². The van der Waals surface area contributed by atoms with Gasteiger partial charge in [0.15, 0.2) is 0 Å². The van der Waals surface area contributed by atoms with Gasteiger partial charge in [-0.3, -0.25) is 0 Å². The Kier molecular flexibility index (Phi) is 5.83. The minimum absolute atomic E-state index is 0. The Morgan fingerprint density at radius 2 is 1.64 bits per heavy atom. The van der Waals surface area contributed by atoms with Gasteiger partial charge in [0, 0.05) is 32.7 Å². The minimum atomic E-state index is 0. The van der Waals surface area contributed by atoms with E-state index < -0.39 is 0 Å². The first kappa shape index (κ1) is 12.3. The Bertz CT molecular complexity index is 124. The van der Waals surface area contributed by atoms with Gasteiger partial charge in [0.1, 0.15) is 0 Å². The summed E-state index contributed by atoms with van der Waals surface area (Å²) in [6.07, 6.45) is 7.43. The standard InChI is InChI=1S/C11H22N2.ClH/c1-2-4-11(5-3-1)10-13-8-6-12-7-9-13;/h11-12H,1-10H2;1H. The topological polar surface area (TPSA) is 15.3 Å². The third-order valence-corrected chi connectivity index (χ3v) is 3.45. The summed E-state index contributed by atoms with van der Waals surface area (Å²) in [6.45, 7) is 6.33. The van der Waals surface area contributed by atoms with Crippen molar-refractivity contribution in [2.24, 2.45) is 5.92 Å². The van der Waals surface area contributed by atoms with E-state index >= 15 is 0 Å². The van der Waals surface area contributed by atoms with Crippen molar-refractivity contribution < 1.29 is 0 Å². The predicted molar refractivity (Wildman–Crippen MR) is 63.1 cm³/mol. The molecule has 1 saturated heterocycles. The van der Waals surface area contributed by atoms with Crippen LogP contribution in [0.25, 0.3) is 0 Å². The third kappa shape index (κ3) is 3.76. The van der Waals surface area contributed by atoms with Crippen LogP contribution >= 0.6 is 12.4 Å². The van der Waals surface area contributed by atoms with Crippen LogP contribution in [0.1, 0.15) is 32.1 Å². The molecule has 14 heavy (non-hydrogen) atoms. The lowest BCUT2D eigenvalue weighted by atomic mass is 9.89. The second-order valence-corrected chi connectivity index (χ2v) is 4.55. The molecule has 1 heterocycles. The molecule has 0 unspecified atom stereocenters. The van der Waals surface area contributed by atoms with Crippen molar-refractivity contribution in [3.63, 3.8) is 0 Å². The lowest BCUT2D eigenvalue weighted by molar-refractivity contribution is 0.182. The fourth-order valence-electron chi connectivity index (χ4n) is 2.63. The van der Waals surface area contributed by atoms with Gasteiger partial charge in [0.05, 0.1) is 0 Å². The summed E-state index contributed by atoms with van der Waals surface area (Å²) in [5, 5.41) is 3.41. The molecule has 84 valence electrons. The highest BCUT2D eigenvalue weighted by Crippen LogP contribution is 2.24. The molecule has 0 aromatic carbocycles. The molecule has 1 N–H and O–H groups in total. The normalized spacial score (nSPS) is 25.7. The fraction of sp³-hybridized carbons (Fsp3) is 1.00. The van der Waals surface area contributed by atoms with Crippen molar-refractivity contribution in [2.75, 3.05) is 32.7 Å². The molecule has 1 saturated carbocycles. The van der Waals surface area contributed by atoms with E-state index in [-0.39, 0.29) is 12.4 Å². The lowest BCUT2D eigenvalue weighted by Crippen LogP contribution is -2.45. The number of hydrogen-bond donors (Lipinski definition) is 1. The molecule has 0 aromatic rings. The van der Waals surface area contributed by atoms with Gasteiger partial charge in [-0.1, -0.05) is 19.3 Å². The summed E-state index contributed by atoms with van der Waals surface area (Å²) in [5.41, 5.74) is 0. The summed E-state index contributed by atoms with van der Waals surface area (Å²) in [5.74, 6) is 1.02. The van der Waals surface area contributed by atoms with Crippen LogP contribution in [-0.4, -0.2) is 37.6 Å². The molecule has 0 spiro atoms. The van der Waals surface area contributed by atoms with Crippen LogP contribution in [0.15, 0.2) is 0 Å². The van der Waals surface area contributed by atoms with E-state index in [4.69, 9.17) is 0 Å². The highest BCUT2D eigenvalue weighted by Gasteiger charge is 2.17. The monoisotopic (exact) mass is 218 g/mol. The summed E-state index contributed by atoms with van der Waals surface area (Å²) in [7, 11) is 0. The Labute approximate surface area is 93.8 Å². The van der Waals surface area contributed by atoms with Gasteiger partial charge in [0.2, 0.25) is 0 Å². The van der Waals surface area contributed by atoms with Gasteiger partial charge >= 0.3 is 0 Å². The van der Waals surface area contributed by atoms with E-state index in [2.05, 4.69) is 10.2 Å². The lowest BCUT2D eigenvalue weighted by Gasteiger charge is -2.32. The Hall–Kier alpha value is 0.210. The first-order valence-corrected chi connectivity index (χ1v) is 5.88. The zero-order valence-electron chi connectivity index (χ0n) is 9.00. The van der Waals surface area contributed by atoms with Crippen molar-refractivity contribution in [3.8, 4) is 0 Å². The van der Waals surface area contributed by atoms with Crippen LogP contribution in [-0.2, 0) is 0 Å². The maximum Gasteiger partial charge on any atom is 0.0107 e. The van der Waals surface area contributed by atoms with Crippen LogP contribution in [0.2, 0.25) is 0 Å². The second-order valence-electron chi connectivity index (χ2n) is 4.55. The van der Waals surface area contributed by atoms with Gasteiger partial charge in [0.25, 0.3) is 0 Å². The van der Waals surface area contributed by atoms with Crippen molar-refractivity contribution in [1.82, 2.24) is 10.2 Å². The Balaban J connectivity index is 0.000000980. The summed E-state index contributed by atoms with van der Waals surface area (Å²) in [6, 6.07) is 0. The molecule has 2 aliphatic rings. The molecule has 0 amide bonds. The molecule has 1 aliphatic heterocycles. The fourth-order valence-corrected chi connectivity index (χ4v) is 2.63. The Morgan fingerprint density at radius 3 is 2.29 bits per heavy atom. The van der Waals surface area contributed by atoms with Gasteiger partial charge in [-0.05, 0) is 18.8 Å². The van der Waals surface area contributed by atoms with E-state index in [1.165, 1.54) is 64.8 Å². The van der Waals surface area contributed by atoms with Crippen LogP contribution in [0.3, 0.4) is 0 Å². The van der Waals surface area contributed by atoms with E-state index in [1.807, 2.05) is 0 Å². The van der Waals surface area contributed by atoms with Crippen LogP contribution < -0.4 is 5.32 Å². The largest absolute Gasteiger partial charge is 0.314 e. The average Bonchev–Trinajstić information content (AvgIpc) is 2.21. The number of piperazine rings is 1. The molecule has 3 heteroatoms. The average molecular weight is 219 g/mol. The number of nitrogens with one attached hydrogen (secondary N) is 1. The third-order valence-electron chi connectivity index (χ3n) is 3.45. The van der Waals surface area contributed by atoms with Gasteiger partial charge in [-0.25, -0.2) is 0 Å². The summed E-state index contributed by atoms with van der Waals surface area (Å²) < 4.78 is 0. The van der Waals surface area contributed by atoms with Crippen LogP contribution in [0.5, 0.6) is 0 Å². The molecular formula is C11H23ClN2. The van der Waals surface area contributed by atoms with Crippen molar-refractivity contribution in [3.05, 3.63) is 0 Å². The first-order chi connectivity index (χ1) is 6.45. The number of hydrogen-bond acceptors (Lipinski definition) is 2. The molecule has 2 rings (SSSR count). The zero-order chi connectivity index (χ0) is 8.93. The maximum absolute atomic E-state index is 3.41. The highest BCUT2D eigenvalue weighted by molar-refractivity contribution is 5.85. The van der Waals surface area contributed by atoms with Gasteiger partial charge in [-0.15, -0.1) is 12.4 Å². The van der Waals surface area contributed by atoms with Crippen LogP contribution in [0, 0.1) is 5.92 Å². The van der Waals surface area contributed by atoms with Crippen molar-refractivity contribution >= 4 is 12.4 Å². The smallest absolute Gasteiger partial charge is 0.0107 e. The maximum atomic E-state index is 3.41. The first-order valence-electron chi connectivity index (χ1n) is 5.88. The molecule has 0 atom stereocenters. The molecule has 0 aromatic heterocycles. The molecule has 0 bridgehead atoms. The van der Waals surface area contributed by atoms with Crippen molar-refractivity contribution in [1.29, 1.82) is 0 Å². The van der Waals surface area contributed by atoms with E-state index in [0.717, 1.165) is 5.92 Å². The van der Waals surface area contributed by atoms with Gasteiger partial charge in [-0.2, -0.15) is 0 Å². The highest BCUT2D eigenvalue weighted by atomic mass is 35.5. The van der Waals surface area contributed by atoms with Crippen LogP contribution in [0.4, 0.5) is 0 Å². The summed E-state index contributed by atoms with van der Waals surface area (Å²) >= 11 is 0. The van der Waals surface area contributed by atoms with Crippen molar-refractivity contribution in [2.45, 2.75) is 32.1 Å². The van der Waals surface area contributed by atoms with E-state index in [1.54, 1.807) is 0 Å². The SMILES string of the molecule is C1CCC(CN2CCNCC2)CC1.Cl. The summed E-state index contributed by atoms with van der Waals surface area (Å²) in [4.78, 5) is 2.65. The Morgan fingerprint density at radius 1 is 1.00 bits per heavy atom. The number of halogens is 1. The predicted octanol–water partition coefficient (Wildman–Crippen LogP) is 1.89. The molecule has 0 radical (unpaired) electrons. The molecular weight excluding hydrogens is 196 g/mol. The molecule has 1 aliphatic carbocycles. The number of rotatable bonds is 2. The number of nitrogens with zero attached hydrogens (tertiary/aromatic N) is 1. The zero-order valence-corrected chi connectivity index (χ0v) is 9.82. The minimum Gasteiger partial charge on any atom is -0.314 e. The quantitative estimate of drug-likeness (QED) is 0.762. The second kappa shape index (κ2) is 6.65. The van der Waals surface area contributed by atoms with E-state index in [0.29, 0.717) is 0 Å². The molecule has 2 fully saturated rings.